The average molecular weight is 324 g/mol. The largest absolute Gasteiger partial charge is 0.457 e. The maximum Gasteiger partial charge on any atom is 0.230 e. The van der Waals surface area contributed by atoms with Crippen LogP contribution in [-0.2, 0) is 11.2 Å². The molecule has 116 valence electrons. The van der Waals surface area contributed by atoms with Gasteiger partial charge in [0.2, 0.25) is 5.91 Å². The van der Waals surface area contributed by atoms with Crippen LogP contribution in [0.25, 0.3) is 0 Å². The van der Waals surface area contributed by atoms with Crippen molar-refractivity contribution in [2.45, 2.75) is 13.3 Å². The highest BCUT2D eigenvalue weighted by Gasteiger charge is 2.07. The summed E-state index contributed by atoms with van der Waals surface area (Å²) < 4.78 is 5.72. The van der Waals surface area contributed by atoms with Crippen molar-refractivity contribution in [3.8, 4) is 11.5 Å². The fourth-order valence-electron chi connectivity index (χ4n) is 2.09. The number of aromatic nitrogens is 1. The van der Waals surface area contributed by atoms with Crippen LogP contribution in [0.1, 0.15) is 10.7 Å². The fraction of sp³-hybridized carbons (Fsp3) is 0.111. The number of nitrogens with one attached hydrogen (secondary N) is 1. The van der Waals surface area contributed by atoms with E-state index in [0.29, 0.717) is 0 Å². The number of hydrogen-bond donors (Lipinski definition) is 1. The molecule has 23 heavy (non-hydrogen) atoms. The molecule has 1 aromatic heterocycles. The highest BCUT2D eigenvalue weighted by molar-refractivity contribution is 7.09. The number of carbonyl (C=O) groups excluding carboxylic acids is 1. The van der Waals surface area contributed by atoms with Crippen LogP contribution in [0.5, 0.6) is 11.5 Å². The van der Waals surface area contributed by atoms with Crippen LogP contribution in [0.3, 0.4) is 0 Å². The smallest absolute Gasteiger partial charge is 0.230 e. The Labute approximate surface area is 138 Å². The topological polar surface area (TPSA) is 51.2 Å². The Balaban J connectivity index is 1.57. The van der Waals surface area contributed by atoms with Crippen LogP contribution in [0.2, 0.25) is 0 Å². The van der Waals surface area contributed by atoms with Crippen molar-refractivity contribution in [3.05, 3.63) is 70.7 Å². The molecule has 5 heteroatoms. The highest BCUT2D eigenvalue weighted by atomic mass is 32.1. The van der Waals surface area contributed by atoms with E-state index in [1.807, 2.05) is 66.9 Å². The molecule has 0 aliphatic heterocycles. The second-order valence-corrected chi connectivity index (χ2v) is 6.08. The van der Waals surface area contributed by atoms with Gasteiger partial charge in [0.1, 0.15) is 11.5 Å². The second-order valence-electron chi connectivity index (χ2n) is 5.02. The second kappa shape index (κ2) is 7.07. The lowest BCUT2D eigenvalue weighted by molar-refractivity contribution is -0.115. The maximum absolute atomic E-state index is 12.0. The van der Waals surface area contributed by atoms with Gasteiger partial charge in [-0.1, -0.05) is 18.2 Å². The molecule has 0 bridgehead atoms. The summed E-state index contributed by atoms with van der Waals surface area (Å²) >= 11 is 1.55. The SMILES string of the molecule is Cc1nc(CC(=O)Nc2ccc(Oc3ccccc3)cc2)cs1. The van der Waals surface area contributed by atoms with Crippen molar-refractivity contribution >= 4 is 22.9 Å². The molecule has 3 aromatic rings. The molecule has 0 fully saturated rings. The summed E-state index contributed by atoms with van der Waals surface area (Å²) in [5, 5.41) is 5.74. The number of hydrogen-bond acceptors (Lipinski definition) is 4. The zero-order chi connectivity index (χ0) is 16.1. The number of rotatable bonds is 5. The number of para-hydroxylation sites is 1. The minimum absolute atomic E-state index is 0.0768. The Morgan fingerprint density at radius 3 is 2.43 bits per heavy atom. The van der Waals surface area contributed by atoms with Gasteiger partial charge in [-0.05, 0) is 43.3 Å². The van der Waals surface area contributed by atoms with E-state index in [-0.39, 0.29) is 12.3 Å². The van der Waals surface area contributed by atoms with Gasteiger partial charge in [0.05, 0.1) is 17.1 Å². The van der Waals surface area contributed by atoms with E-state index in [1.165, 1.54) is 0 Å². The van der Waals surface area contributed by atoms with E-state index in [0.717, 1.165) is 27.9 Å². The van der Waals surface area contributed by atoms with E-state index in [4.69, 9.17) is 4.74 Å². The zero-order valence-electron chi connectivity index (χ0n) is 12.7. The molecule has 0 aliphatic carbocycles. The van der Waals surface area contributed by atoms with Gasteiger partial charge in [-0.25, -0.2) is 4.98 Å². The Morgan fingerprint density at radius 2 is 1.78 bits per heavy atom. The molecular formula is C18H16N2O2S. The van der Waals surface area contributed by atoms with Gasteiger partial charge < -0.3 is 10.1 Å². The molecule has 0 saturated heterocycles. The zero-order valence-corrected chi connectivity index (χ0v) is 13.5. The molecule has 0 atom stereocenters. The number of aryl methyl sites for hydroxylation is 1. The number of ether oxygens (including phenoxy) is 1. The lowest BCUT2D eigenvalue weighted by Gasteiger charge is -2.07. The Bertz CT molecular complexity index is 782. The first kappa shape index (κ1) is 15.2. The molecule has 0 aliphatic rings. The number of amides is 1. The average Bonchev–Trinajstić information content (AvgIpc) is 2.95. The molecule has 1 heterocycles. The van der Waals surface area contributed by atoms with Gasteiger partial charge in [-0.2, -0.15) is 0 Å². The first-order chi connectivity index (χ1) is 11.2. The van der Waals surface area contributed by atoms with Crippen LogP contribution < -0.4 is 10.1 Å². The summed E-state index contributed by atoms with van der Waals surface area (Å²) in [4.78, 5) is 16.3. The van der Waals surface area contributed by atoms with Crippen LogP contribution in [0.15, 0.2) is 60.0 Å². The predicted molar refractivity (Wildman–Crippen MR) is 92.1 cm³/mol. The molecule has 1 amide bonds. The van der Waals surface area contributed by atoms with Crippen molar-refractivity contribution in [3.63, 3.8) is 0 Å². The van der Waals surface area contributed by atoms with Crippen LogP contribution in [0, 0.1) is 6.92 Å². The standard InChI is InChI=1S/C18H16N2O2S/c1-13-19-15(12-23-13)11-18(21)20-14-7-9-17(10-8-14)22-16-5-3-2-4-6-16/h2-10,12H,11H2,1H3,(H,20,21). The molecule has 1 N–H and O–H groups in total. The van der Waals surface area contributed by atoms with Crippen molar-refractivity contribution in [2.24, 2.45) is 0 Å². The quantitative estimate of drug-likeness (QED) is 0.755. The summed E-state index contributed by atoms with van der Waals surface area (Å²) in [5.74, 6) is 1.43. The van der Waals surface area contributed by atoms with Gasteiger partial charge in [-0.15, -0.1) is 11.3 Å². The van der Waals surface area contributed by atoms with E-state index < -0.39 is 0 Å². The van der Waals surface area contributed by atoms with Crippen molar-refractivity contribution in [1.82, 2.24) is 4.98 Å². The fourth-order valence-corrected chi connectivity index (χ4v) is 2.70. The van der Waals surface area contributed by atoms with Gasteiger partial charge in [0, 0.05) is 11.1 Å². The molecule has 2 aromatic carbocycles. The van der Waals surface area contributed by atoms with Crippen molar-refractivity contribution in [1.29, 1.82) is 0 Å². The maximum atomic E-state index is 12.0. The molecule has 0 radical (unpaired) electrons. The normalized spacial score (nSPS) is 10.3. The molecule has 3 rings (SSSR count). The first-order valence-corrected chi connectivity index (χ1v) is 8.11. The number of carbonyl (C=O) groups is 1. The van der Waals surface area contributed by atoms with Crippen molar-refractivity contribution in [2.75, 3.05) is 5.32 Å². The number of nitrogens with zero attached hydrogens (tertiary/aromatic N) is 1. The minimum Gasteiger partial charge on any atom is -0.457 e. The third kappa shape index (κ3) is 4.40. The molecule has 0 unspecified atom stereocenters. The number of thiazole rings is 1. The van der Waals surface area contributed by atoms with E-state index in [1.54, 1.807) is 11.3 Å². The van der Waals surface area contributed by atoms with Crippen molar-refractivity contribution < 1.29 is 9.53 Å². The Morgan fingerprint density at radius 1 is 1.09 bits per heavy atom. The summed E-state index contributed by atoms with van der Waals surface area (Å²) in [6.07, 6.45) is 0.284. The van der Waals surface area contributed by atoms with Gasteiger partial charge >= 0.3 is 0 Å². The summed E-state index contributed by atoms with van der Waals surface area (Å²) in [7, 11) is 0. The first-order valence-electron chi connectivity index (χ1n) is 7.23. The van der Waals surface area contributed by atoms with Gasteiger partial charge in [0.25, 0.3) is 0 Å². The minimum atomic E-state index is -0.0768. The molecule has 0 spiro atoms. The van der Waals surface area contributed by atoms with Gasteiger partial charge in [-0.3, -0.25) is 4.79 Å². The predicted octanol–water partition coefficient (Wildman–Crippen LogP) is 4.43. The van der Waals surface area contributed by atoms with Crippen LogP contribution >= 0.6 is 11.3 Å². The Hall–Kier alpha value is -2.66. The summed E-state index contributed by atoms with van der Waals surface area (Å²) in [6.45, 7) is 1.93. The van der Waals surface area contributed by atoms with Gasteiger partial charge in [0.15, 0.2) is 0 Å². The molecular weight excluding hydrogens is 308 g/mol. The number of benzene rings is 2. The third-order valence-corrected chi connectivity index (χ3v) is 3.95. The summed E-state index contributed by atoms with van der Waals surface area (Å²) in [6, 6.07) is 16.9. The molecule has 0 saturated carbocycles. The monoisotopic (exact) mass is 324 g/mol. The number of anilines is 1. The molecule has 4 nitrogen and oxygen atoms in total. The van der Waals surface area contributed by atoms with E-state index in [9.17, 15) is 4.79 Å². The highest BCUT2D eigenvalue weighted by Crippen LogP contribution is 2.22. The van der Waals surface area contributed by atoms with Crippen LogP contribution in [0.4, 0.5) is 5.69 Å². The van der Waals surface area contributed by atoms with E-state index in [2.05, 4.69) is 10.3 Å². The lowest BCUT2D eigenvalue weighted by atomic mass is 10.2. The summed E-state index contributed by atoms with van der Waals surface area (Å²) in [5.41, 5.74) is 1.54. The third-order valence-electron chi connectivity index (χ3n) is 3.13. The van der Waals surface area contributed by atoms with Crippen LogP contribution in [-0.4, -0.2) is 10.9 Å². The Kier molecular flexibility index (Phi) is 4.68. The lowest BCUT2D eigenvalue weighted by Crippen LogP contribution is -2.14. The van der Waals surface area contributed by atoms with E-state index >= 15 is 0 Å².